The molecule has 0 unspecified atom stereocenters. The number of carbonyl (C=O) groups excluding carboxylic acids is 1. The summed E-state index contributed by atoms with van der Waals surface area (Å²) in [6.07, 6.45) is 1.55. The van der Waals surface area contributed by atoms with E-state index in [0.717, 1.165) is 22.4 Å². The van der Waals surface area contributed by atoms with Crippen LogP contribution in [0.4, 0.5) is 5.13 Å². The van der Waals surface area contributed by atoms with Crippen LogP contribution in [-0.4, -0.2) is 24.0 Å². The molecule has 0 fully saturated rings. The third kappa shape index (κ3) is 3.21. The first-order chi connectivity index (χ1) is 9.13. The number of methoxy groups -OCH3 is 1. The number of hydrogen-bond acceptors (Lipinski definition) is 5. The summed E-state index contributed by atoms with van der Waals surface area (Å²) in [4.78, 5) is 16.2. The lowest BCUT2D eigenvalue weighted by Gasteiger charge is -2.08. The first-order valence-electron chi connectivity index (χ1n) is 6.15. The highest BCUT2D eigenvalue weighted by Gasteiger charge is 2.14. The molecule has 1 aromatic heterocycles. The number of benzene rings is 1. The largest absolute Gasteiger partial charge is 0.497 e. The second-order valence-electron chi connectivity index (χ2n) is 4.24. The van der Waals surface area contributed by atoms with Gasteiger partial charge in [0.2, 0.25) is 5.91 Å². The number of hydrogen-bond donors (Lipinski definition) is 2. The Morgan fingerprint density at radius 3 is 3.05 bits per heavy atom. The van der Waals surface area contributed by atoms with Crippen LogP contribution >= 0.6 is 11.3 Å². The average molecular weight is 279 g/mol. The predicted octanol–water partition coefficient (Wildman–Crippen LogP) is 2.37. The molecule has 2 aromatic rings. The van der Waals surface area contributed by atoms with Gasteiger partial charge in [0.05, 0.1) is 23.4 Å². The summed E-state index contributed by atoms with van der Waals surface area (Å²) in [5, 5.41) is 3.33. The smallest absolute Gasteiger partial charge is 0.243 e. The molecule has 2 rings (SSSR count). The van der Waals surface area contributed by atoms with Crippen LogP contribution < -0.4 is 15.8 Å². The molecule has 0 radical (unpaired) electrons. The highest BCUT2D eigenvalue weighted by molar-refractivity contribution is 7.22. The molecule has 3 N–H and O–H groups in total. The first kappa shape index (κ1) is 13.8. The SMILES string of the molecule is CCC[C@@H](N)C(=O)Nc1nc2ccc(OC)cc2s1. The first-order valence-corrected chi connectivity index (χ1v) is 6.96. The lowest BCUT2D eigenvalue weighted by Crippen LogP contribution is -2.35. The number of ether oxygens (including phenoxy) is 1. The van der Waals surface area contributed by atoms with Crippen LogP contribution in [0.15, 0.2) is 18.2 Å². The zero-order valence-electron chi connectivity index (χ0n) is 11.0. The van der Waals surface area contributed by atoms with Crippen LogP contribution in [0.2, 0.25) is 0 Å². The predicted molar refractivity (Wildman–Crippen MR) is 77.7 cm³/mol. The molecule has 0 aliphatic carbocycles. The Labute approximate surface area is 115 Å². The molecular formula is C13H17N3O2S. The number of rotatable bonds is 5. The number of thiazole rings is 1. The lowest BCUT2D eigenvalue weighted by molar-refractivity contribution is -0.117. The van der Waals surface area contributed by atoms with Gasteiger partial charge >= 0.3 is 0 Å². The topological polar surface area (TPSA) is 77.2 Å². The van der Waals surface area contributed by atoms with Crippen LogP contribution in [0.3, 0.4) is 0 Å². The maximum atomic E-state index is 11.8. The van der Waals surface area contributed by atoms with Gasteiger partial charge in [0.1, 0.15) is 5.75 Å². The van der Waals surface area contributed by atoms with Crippen molar-refractivity contribution in [2.75, 3.05) is 12.4 Å². The van der Waals surface area contributed by atoms with E-state index in [1.807, 2.05) is 25.1 Å². The van der Waals surface area contributed by atoms with E-state index in [9.17, 15) is 4.79 Å². The summed E-state index contributed by atoms with van der Waals surface area (Å²) in [7, 11) is 1.62. The minimum atomic E-state index is -0.480. The van der Waals surface area contributed by atoms with Crippen LogP contribution in [-0.2, 0) is 4.79 Å². The number of anilines is 1. The Bertz CT molecular complexity index is 582. The molecule has 0 saturated carbocycles. The summed E-state index contributed by atoms with van der Waals surface area (Å²) < 4.78 is 6.13. The number of nitrogens with one attached hydrogen (secondary N) is 1. The van der Waals surface area contributed by atoms with Gasteiger partial charge in [-0.15, -0.1) is 0 Å². The highest BCUT2D eigenvalue weighted by Crippen LogP contribution is 2.29. The Morgan fingerprint density at radius 1 is 1.58 bits per heavy atom. The van der Waals surface area contributed by atoms with E-state index in [1.54, 1.807) is 7.11 Å². The van der Waals surface area contributed by atoms with Gasteiger partial charge in [0.15, 0.2) is 5.13 Å². The van der Waals surface area contributed by atoms with Crippen LogP contribution in [0.25, 0.3) is 10.2 Å². The van der Waals surface area contributed by atoms with Gasteiger partial charge in [-0.05, 0) is 24.6 Å². The minimum Gasteiger partial charge on any atom is -0.497 e. The van der Waals surface area contributed by atoms with E-state index in [0.29, 0.717) is 11.6 Å². The second-order valence-corrected chi connectivity index (χ2v) is 5.27. The van der Waals surface area contributed by atoms with Gasteiger partial charge in [-0.3, -0.25) is 4.79 Å². The molecule has 1 heterocycles. The van der Waals surface area contributed by atoms with E-state index in [4.69, 9.17) is 10.5 Å². The van der Waals surface area contributed by atoms with Crippen molar-refractivity contribution in [2.24, 2.45) is 5.73 Å². The number of amides is 1. The standard InChI is InChI=1S/C13H17N3O2S/c1-3-4-9(14)12(17)16-13-15-10-6-5-8(18-2)7-11(10)19-13/h5-7,9H,3-4,14H2,1-2H3,(H,15,16,17)/t9-/m1/s1. The van der Waals surface area contributed by atoms with Crippen molar-refractivity contribution in [3.05, 3.63) is 18.2 Å². The van der Waals surface area contributed by atoms with E-state index < -0.39 is 6.04 Å². The summed E-state index contributed by atoms with van der Waals surface area (Å²) in [5.74, 6) is 0.588. The second kappa shape index (κ2) is 5.99. The molecule has 0 aliphatic heterocycles. The van der Waals surface area contributed by atoms with Gasteiger partial charge in [0, 0.05) is 0 Å². The van der Waals surface area contributed by atoms with Crippen molar-refractivity contribution in [3.63, 3.8) is 0 Å². The van der Waals surface area contributed by atoms with E-state index >= 15 is 0 Å². The molecule has 6 heteroatoms. The maximum absolute atomic E-state index is 11.8. The fourth-order valence-electron chi connectivity index (χ4n) is 1.73. The molecular weight excluding hydrogens is 262 g/mol. The highest BCUT2D eigenvalue weighted by atomic mass is 32.1. The number of nitrogens with zero attached hydrogens (tertiary/aromatic N) is 1. The fraction of sp³-hybridized carbons (Fsp3) is 0.385. The van der Waals surface area contributed by atoms with Crippen molar-refractivity contribution in [1.29, 1.82) is 0 Å². The number of fused-ring (bicyclic) bond motifs is 1. The van der Waals surface area contributed by atoms with Crippen LogP contribution in [0, 0.1) is 0 Å². The Hall–Kier alpha value is -1.66. The van der Waals surface area contributed by atoms with Crippen molar-refractivity contribution >= 4 is 32.6 Å². The van der Waals surface area contributed by atoms with E-state index in [2.05, 4.69) is 10.3 Å². The molecule has 1 aromatic carbocycles. The molecule has 1 amide bonds. The summed E-state index contributed by atoms with van der Waals surface area (Å²) in [6.45, 7) is 2.00. The molecule has 0 bridgehead atoms. The average Bonchev–Trinajstić information content (AvgIpc) is 2.79. The summed E-state index contributed by atoms with van der Waals surface area (Å²) in [5.41, 5.74) is 6.60. The Kier molecular flexibility index (Phi) is 4.34. The van der Waals surface area contributed by atoms with Crippen molar-refractivity contribution < 1.29 is 9.53 Å². The van der Waals surface area contributed by atoms with Crippen LogP contribution in [0.5, 0.6) is 5.75 Å². The third-order valence-corrected chi connectivity index (χ3v) is 3.70. The van der Waals surface area contributed by atoms with Gasteiger partial charge in [-0.1, -0.05) is 24.7 Å². The number of carbonyl (C=O) groups is 1. The monoisotopic (exact) mass is 279 g/mol. The molecule has 102 valence electrons. The summed E-state index contributed by atoms with van der Waals surface area (Å²) >= 11 is 1.41. The Morgan fingerprint density at radius 2 is 2.37 bits per heavy atom. The van der Waals surface area contributed by atoms with Gasteiger partial charge in [0.25, 0.3) is 0 Å². The molecule has 0 aliphatic rings. The van der Waals surface area contributed by atoms with Gasteiger partial charge in [-0.25, -0.2) is 4.98 Å². The third-order valence-electron chi connectivity index (χ3n) is 2.76. The molecule has 5 nitrogen and oxygen atoms in total. The van der Waals surface area contributed by atoms with Crippen molar-refractivity contribution in [3.8, 4) is 5.75 Å². The van der Waals surface area contributed by atoms with Gasteiger partial charge in [-0.2, -0.15) is 0 Å². The van der Waals surface area contributed by atoms with Gasteiger partial charge < -0.3 is 15.8 Å². The van der Waals surface area contributed by atoms with Crippen molar-refractivity contribution in [2.45, 2.75) is 25.8 Å². The molecule has 1 atom stereocenters. The van der Waals surface area contributed by atoms with E-state index in [-0.39, 0.29) is 5.91 Å². The minimum absolute atomic E-state index is 0.187. The quantitative estimate of drug-likeness (QED) is 0.881. The molecule has 19 heavy (non-hydrogen) atoms. The summed E-state index contributed by atoms with van der Waals surface area (Å²) in [6, 6.07) is 5.13. The Balaban J connectivity index is 2.15. The lowest BCUT2D eigenvalue weighted by atomic mass is 10.2. The molecule has 0 saturated heterocycles. The zero-order valence-corrected chi connectivity index (χ0v) is 11.8. The van der Waals surface area contributed by atoms with E-state index in [1.165, 1.54) is 11.3 Å². The normalized spacial score (nSPS) is 12.4. The van der Waals surface area contributed by atoms with Crippen LogP contribution in [0.1, 0.15) is 19.8 Å². The zero-order chi connectivity index (χ0) is 13.8. The maximum Gasteiger partial charge on any atom is 0.243 e. The number of aromatic nitrogens is 1. The fourth-order valence-corrected chi connectivity index (χ4v) is 2.62. The number of nitrogens with two attached hydrogens (primary N) is 1. The van der Waals surface area contributed by atoms with Crippen molar-refractivity contribution in [1.82, 2.24) is 4.98 Å². The molecule has 0 spiro atoms.